The summed E-state index contributed by atoms with van der Waals surface area (Å²) in [5.74, 6) is 1.07. The van der Waals surface area contributed by atoms with Crippen molar-refractivity contribution in [1.82, 2.24) is 24.9 Å². The fourth-order valence-electron chi connectivity index (χ4n) is 4.90. The Bertz CT molecular complexity index is 1380. The van der Waals surface area contributed by atoms with Crippen LogP contribution in [-0.2, 0) is 4.74 Å². The maximum absolute atomic E-state index is 14.4. The molecule has 8 nitrogen and oxygen atoms in total. The second-order valence-electron chi connectivity index (χ2n) is 9.36. The average molecular weight is 475 g/mol. The van der Waals surface area contributed by atoms with Gasteiger partial charge in [-0.25, -0.2) is 13.9 Å². The van der Waals surface area contributed by atoms with Gasteiger partial charge in [-0.2, -0.15) is 5.10 Å². The number of ether oxygens (including phenoxy) is 2. The number of pyridine rings is 3. The third-order valence-corrected chi connectivity index (χ3v) is 6.61. The number of nitrogens with one attached hydrogen (secondary N) is 2. The molecule has 35 heavy (non-hydrogen) atoms. The molecule has 1 unspecified atom stereocenters. The lowest BCUT2D eigenvalue weighted by Crippen LogP contribution is -2.56. The van der Waals surface area contributed by atoms with Crippen molar-refractivity contribution >= 4 is 17.2 Å². The van der Waals surface area contributed by atoms with E-state index in [2.05, 4.69) is 25.7 Å². The van der Waals surface area contributed by atoms with Gasteiger partial charge in [0.05, 0.1) is 24.9 Å². The molecule has 2 aliphatic rings. The number of anilines is 2. The van der Waals surface area contributed by atoms with Crippen molar-refractivity contribution in [3.63, 3.8) is 0 Å². The first kappa shape index (κ1) is 21.9. The van der Waals surface area contributed by atoms with Crippen molar-refractivity contribution in [3.8, 4) is 16.9 Å². The van der Waals surface area contributed by atoms with Crippen LogP contribution in [0.5, 0.6) is 5.75 Å². The number of halogens is 1. The van der Waals surface area contributed by atoms with E-state index in [1.54, 1.807) is 23.7 Å². The van der Waals surface area contributed by atoms with E-state index in [4.69, 9.17) is 9.47 Å². The standard InChI is InChI=1S/C26H27FN6O2/c1-15-3-5-28-26(25(15)27)31-24-11-20-8-17(4-6-33(20)32-24)22-7-16(2)29-12-23(22)35-21-9-18-13-34-14-19(10-21)30-18/h3-8,11-12,18-19,21,30H,9-10,13-14H2,1-2H3,(H,28,31,32)/t18-,19+,21?. The first-order valence-electron chi connectivity index (χ1n) is 11.9. The number of morpholine rings is 1. The van der Waals surface area contributed by atoms with Gasteiger partial charge in [0.1, 0.15) is 11.9 Å². The molecule has 4 aromatic rings. The van der Waals surface area contributed by atoms with Crippen molar-refractivity contribution in [3.05, 3.63) is 66.0 Å². The van der Waals surface area contributed by atoms with Crippen LogP contribution in [0.4, 0.5) is 16.0 Å². The van der Waals surface area contributed by atoms with Gasteiger partial charge in [-0.15, -0.1) is 0 Å². The SMILES string of the molecule is Cc1cc(-c2ccn3nc(Nc4nccc(C)c4F)cc3c2)c(OC2C[C@H]3COC[C@@H](C2)N3)cn1. The number of aromatic nitrogens is 4. The van der Waals surface area contributed by atoms with Gasteiger partial charge in [0.15, 0.2) is 17.5 Å². The summed E-state index contributed by atoms with van der Waals surface area (Å²) >= 11 is 0. The van der Waals surface area contributed by atoms with Gasteiger partial charge >= 0.3 is 0 Å². The molecule has 2 saturated heterocycles. The van der Waals surface area contributed by atoms with E-state index in [1.807, 2.05) is 43.6 Å². The van der Waals surface area contributed by atoms with E-state index in [0.29, 0.717) is 23.5 Å². The van der Waals surface area contributed by atoms with Crippen LogP contribution in [0.25, 0.3) is 16.6 Å². The van der Waals surface area contributed by atoms with Crippen LogP contribution in [0.15, 0.2) is 48.9 Å². The van der Waals surface area contributed by atoms with Gasteiger partial charge in [-0.3, -0.25) is 4.98 Å². The second-order valence-corrected chi connectivity index (χ2v) is 9.36. The summed E-state index contributed by atoms with van der Waals surface area (Å²) in [5, 5.41) is 11.1. The van der Waals surface area contributed by atoms with Gasteiger partial charge in [-0.1, -0.05) is 0 Å². The second kappa shape index (κ2) is 8.90. The molecular formula is C26H27FN6O2. The van der Waals surface area contributed by atoms with Crippen LogP contribution in [-0.4, -0.2) is 51.0 Å². The number of hydrogen-bond acceptors (Lipinski definition) is 7. The van der Waals surface area contributed by atoms with Crippen LogP contribution in [0.3, 0.4) is 0 Å². The minimum Gasteiger partial charge on any atom is -0.488 e. The van der Waals surface area contributed by atoms with Crippen molar-refractivity contribution in [1.29, 1.82) is 0 Å². The summed E-state index contributed by atoms with van der Waals surface area (Å²) in [6.07, 6.45) is 7.21. The maximum atomic E-state index is 14.4. The summed E-state index contributed by atoms with van der Waals surface area (Å²) in [7, 11) is 0. The Morgan fingerprint density at radius 2 is 1.94 bits per heavy atom. The average Bonchev–Trinajstić information content (AvgIpc) is 3.24. The molecule has 6 rings (SSSR count). The third-order valence-electron chi connectivity index (χ3n) is 6.61. The van der Waals surface area contributed by atoms with Gasteiger partial charge in [-0.05, 0) is 49.2 Å². The number of rotatable bonds is 5. The minimum absolute atomic E-state index is 0.115. The monoisotopic (exact) mass is 474 g/mol. The smallest absolute Gasteiger partial charge is 0.168 e. The first-order chi connectivity index (χ1) is 17.0. The number of aryl methyl sites for hydroxylation is 2. The predicted molar refractivity (Wildman–Crippen MR) is 131 cm³/mol. The molecule has 0 aliphatic carbocycles. The lowest BCUT2D eigenvalue weighted by Gasteiger charge is -2.40. The summed E-state index contributed by atoms with van der Waals surface area (Å²) in [5.41, 5.74) is 4.30. The molecule has 0 aromatic carbocycles. The normalized spacial score (nSPS) is 21.7. The highest BCUT2D eigenvalue weighted by atomic mass is 19.1. The Morgan fingerprint density at radius 3 is 2.77 bits per heavy atom. The molecule has 9 heteroatoms. The molecule has 180 valence electrons. The lowest BCUT2D eigenvalue weighted by molar-refractivity contribution is -0.0122. The van der Waals surface area contributed by atoms with Crippen molar-refractivity contribution < 1.29 is 13.9 Å². The summed E-state index contributed by atoms with van der Waals surface area (Å²) in [6, 6.07) is 10.3. The first-order valence-corrected chi connectivity index (χ1v) is 11.9. The molecule has 2 N–H and O–H groups in total. The molecule has 0 radical (unpaired) electrons. The van der Waals surface area contributed by atoms with Gasteiger partial charge in [0.2, 0.25) is 0 Å². The largest absolute Gasteiger partial charge is 0.488 e. The zero-order chi connectivity index (χ0) is 23.9. The van der Waals surface area contributed by atoms with Gasteiger partial charge < -0.3 is 20.1 Å². The molecule has 3 atom stereocenters. The van der Waals surface area contributed by atoms with Gasteiger partial charge in [0.25, 0.3) is 0 Å². The van der Waals surface area contributed by atoms with E-state index in [9.17, 15) is 4.39 Å². The Labute approximate surface area is 202 Å². The lowest BCUT2D eigenvalue weighted by atomic mass is 9.94. The fourth-order valence-corrected chi connectivity index (χ4v) is 4.90. The number of hydrogen-bond donors (Lipinski definition) is 2. The van der Waals surface area contributed by atoms with E-state index in [-0.39, 0.29) is 17.7 Å². The van der Waals surface area contributed by atoms with Crippen LogP contribution in [0.1, 0.15) is 24.1 Å². The number of fused-ring (bicyclic) bond motifs is 3. The molecular weight excluding hydrogens is 447 g/mol. The predicted octanol–water partition coefficient (Wildman–Crippen LogP) is 4.19. The summed E-state index contributed by atoms with van der Waals surface area (Å²) in [4.78, 5) is 8.59. The van der Waals surface area contributed by atoms with Crippen LogP contribution < -0.4 is 15.4 Å². The van der Waals surface area contributed by atoms with E-state index in [0.717, 1.165) is 54.1 Å². The van der Waals surface area contributed by atoms with Gasteiger partial charge in [0, 0.05) is 54.6 Å². The van der Waals surface area contributed by atoms with Crippen LogP contribution >= 0.6 is 0 Å². The molecule has 0 saturated carbocycles. The topological polar surface area (TPSA) is 85.6 Å². The molecule has 2 fully saturated rings. The molecule has 0 spiro atoms. The summed E-state index contributed by atoms with van der Waals surface area (Å²) < 4.78 is 28.3. The Hall–Kier alpha value is -3.56. The zero-order valence-corrected chi connectivity index (χ0v) is 19.7. The van der Waals surface area contributed by atoms with E-state index < -0.39 is 0 Å². The molecule has 4 aromatic heterocycles. The molecule has 6 heterocycles. The Balaban J connectivity index is 1.29. The van der Waals surface area contributed by atoms with Crippen LogP contribution in [0, 0.1) is 19.7 Å². The highest BCUT2D eigenvalue weighted by Crippen LogP contribution is 2.34. The molecule has 2 bridgehead atoms. The van der Waals surface area contributed by atoms with E-state index in [1.165, 1.54) is 0 Å². The number of nitrogens with zero attached hydrogens (tertiary/aromatic N) is 4. The maximum Gasteiger partial charge on any atom is 0.168 e. The van der Waals surface area contributed by atoms with Crippen molar-refractivity contribution in [2.75, 3.05) is 18.5 Å². The highest BCUT2D eigenvalue weighted by Gasteiger charge is 2.33. The quantitative estimate of drug-likeness (QED) is 0.449. The summed E-state index contributed by atoms with van der Waals surface area (Å²) in [6.45, 7) is 5.14. The fraction of sp³-hybridized carbons (Fsp3) is 0.346. The van der Waals surface area contributed by atoms with Crippen molar-refractivity contribution in [2.24, 2.45) is 0 Å². The molecule has 2 aliphatic heterocycles. The highest BCUT2D eigenvalue weighted by molar-refractivity contribution is 5.75. The Kier molecular flexibility index (Phi) is 5.58. The van der Waals surface area contributed by atoms with Crippen molar-refractivity contribution in [2.45, 2.75) is 44.9 Å². The molecule has 0 amide bonds. The Morgan fingerprint density at radius 1 is 1.11 bits per heavy atom. The third kappa shape index (κ3) is 4.44. The number of piperidine rings is 1. The van der Waals surface area contributed by atoms with Crippen LogP contribution in [0.2, 0.25) is 0 Å². The van der Waals surface area contributed by atoms with E-state index >= 15 is 0 Å². The zero-order valence-electron chi connectivity index (χ0n) is 19.7. The minimum atomic E-state index is -0.382.